The summed E-state index contributed by atoms with van der Waals surface area (Å²) < 4.78 is 7.66. The van der Waals surface area contributed by atoms with Crippen molar-refractivity contribution in [3.63, 3.8) is 0 Å². The maximum absolute atomic E-state index is 2.60. The van der Waals surface area contributed by atoms with E-state index >= 15 is 0 Å². The van der Waals surface area contributed by atoms with Crippen molar-refractivity contribution in [3.05, 3.63) is 143 Å². The highest BCUT2D eigenvalue weighted by molar-refractivity contribution is 6.21. The van der Waals surface area contributed by atoms with E-state index in [4.69, 9.17) is 0 Å². The Morgan fingerprint density at radius 1 is 0.702 bits per heavy atom. The molecule has 0 saturated carbocycles. The Balaban J connectivity index is 1.25. The molecular formula is C44H35N3+2. The summed E-state index contributed by atoms with van der Waals surface area (Å²) in [4.78, 5) is 0. The zero-order valence-corrected chi connectivity index (χ0v) is 27.1. The number of fused-ring (bicyclic) bond motifs is 15. The van der Waals surface area contributed by atoms with Gasteiger partial charge in [-0.25, -0.2) is 0 Å². The Kier molecular flexibility index (Phi) is 4.81. The van der Waals surface area contributed by atoms with Crippen molar-refractivity contribution < 1.29 is 8.97 Å². The first kappa shape index (κ1) is 25.9. The number of para-hydroxylation sites is 1. The Hall–Kier alpha value is -5.28. The number of aromatic nitrogens is 3. The summed E-state index contributed by atoms with van der Waals surface area (Å²) in [7, 11) is 0. The molecule has 1 aliphatic heterocycles. The van der Waals surface area contributed by atoms with Crippen LogP contribution in [0.15, 0.2) is 116 Å². The maximum Gasteiger partial charge on any atom is 0.228 e. The topological polar surface area (TPSA) is 12.4 Å². The van der Waals surface area contributed by atoms with Crippen LogP contribution >= 0.6 is 0 Å². The van der Waals surface area contributed by atoms with Crippen LogP contribution in [0, 0.1) is 6.92 Å². The molecule has 0 saturated heterocycles. The molecule has 9 aromatic rings. The van der Waals surface area contributed by atoms with Gasteiger partial charge in [0.15, 0.2) is 12.2 Å². The van der Waals surface area contributed by atoms with Crippen molar-refractivity contribution >= 4 is 54.4 Å². The second kappa shape index (κ2) is 8.74. The highest BCUT2D eigenvalue weighted by atomic mass is 15.1. The third kappa shape index (κ3) is 3.17. The third-order valence-corrected chi connectivity index (χ3v) is 11.6. The normalized spacial score (nSPS) is 18.6. The molecule has 1 aliphatic carbocycles. The highest BCUT2D eigenvalue weighted by Crippen LogP contribution is 2.58. The first-order valence-corrected chi connectivity index (χ1v) is 17.1. The fraction of sp³-hybridized carbons (Fsp3) is 0.182. The molecule has 4 aromatic carbocycles. The molecule has 0 radical (unpaired) electrons. The quantitative estimate of drug-likeness (QED) is 0.137. The van der Waals surface area contributed by atoms with Gasteiger partial charge in [0, 0.05) is 52.5 Å². The molecule has 224 valence electrons. The lowest BCUT2D eigenvalue weighted by molar-refractivity contribution is -0.718. The molecule has 3 unspecified atom stereocenters. The average Bonchev–Trinajstić information content (AvgIpc) is 3.62. The van der Waals surface area contributed by atoms with Gasteiger partial charge in [-0.15, -0.1) is 0 Å². The first-order valence-electron chi connectivity index (χ1n) is 17.1. The molecule has 3 heteroatoms. The number of nitrogens with zero attached hydrogens (tertiary/aromatic N) is 3. The van der Waals surface area contributed by atoms with E-state index in [0.717, 1.165) is 0 Å². The van der Waals surface area contributed by atoms with Gasteiger partial charge < -0.3 is 4.40 Å². The SMILES string of the molecule is Cc1ccc2[n+](c1)C(C1c3c1n1ccccc1c1cc4c5cc(C(C)C)cc6c7ccccc7[n+](c4cc31)c65)C(C)c1ccccc1-2. The third-order valence-electron chi connectivity index (χ3n) is 11.6. The van der Waals surface area contributed by atoms with E-state index < -0.39 is 0 Å². The van der Waals surface area contributed by atoms with Crippen molar-refractivity contribution in [2.24, 2.45) is 0 Å². The van der Waals surface area contributed by atoms with Crippen LogP contribution in [-0.4, -0.2) is 4.40 Å². The predicted molar refractivity (Wildman–Crippen MR) is 192 cm³/mol. The fourth-order valence-electron chi connectivity index (χ4n) is 9.46. The summed E-state index contributed by atoms with van der Waals surface area (Å²) >= 11 is 0. The predicted octanol–water partition coefficient (Wildman–Crippen LogP) is 9.92. The molecule has 47 heavy (non-hydrogen) atoms. The summed E-state index contributed by atoms with van der Waals surface area (Å²) in [6.07, 6.45) is 4.68. The Morgan fingerprint density at radius 3 is 2.36 bits per heavy atom. The summed E-state index contributed by atoms with van der Waals surface area (Å²) in [6.45, 7) is 9.29. The van der Waals surface area contributed by atoms with Gasteiger partial charge in [-0.1, -0.05) is 57.2 Å². The average molecular weight is 606 g/mol. The van der Waals surface area contributed by atoms with Gasteiger partial charge in [0.2, 0.25) is 22.2 Å². The van der Waals surface area contributed by atoms with Crippen LogP contribution in [0.4, 0.5) is 0 Å². The van der Waals surface area contributed by atoms with Crippen molar-refractivity contribution in [2.45, 2.75) is 51.5 Å². The Labute approximate surface area is 273 Å². The zero-order valence-electron chi connectivity index (χ0n) is 27.1. The largest absolute Gasteiger partial charge is 0.319 e. The lowest BCUT2D eigenvalue weighted by Gasteiger charge is -2.28. The van der Waals surface area contributed by atoms with Crippen LogP contribution in [0.2, 0.25) is 0 Å². The molecule has 0 amide bonds. The molecular weight excluding hydrogens is 571 g/mol. The van der Waals surface area contributed by atoms with Crippen LogP contribution in [0.5, 0.6) is 0 Å². The highest BCUT2D eigenvalue weighted by Gasteiger charge is 2.54. The minimum atomic E-state index is 0.300. The second-order valence-corrected chi connectivity index (χ2v) is 14.5. The number of rotatable bonds is 2. The Bertz CT molecular complexity index is 2820. The molecule has 0 N–H and O–H groups in total. The van der Waals surface area contributed by atoms with Crippen LogP contribution in [0.1, 0.15) is 72.5 Å². The van der Waals surface area contributed by atoms with Crippen LogP contribution < -0.4 is 8.97 Å². The standard InChI is InChI=1S/C44H35N3/c1-24(2)27-19-34-30-13-7-8-15-38(30)47-39-22-33-31(21-32(39)35(20-27)43(34)47)36-14-9-10-18-45(36)44-40(33)41(44)42-26(4)28-11-5-6-12-29(28)37-17-16-25(3)23-46(37)42/h5-24,26,41-42H,1-4H3/q+2. The number of hydrogen-bond donors (Lipinski definition) is 0. The molecule has 3 atom stereocenters. The van der Waals surface area contributed by atoms with Gasteiger partial charge in [0.05, 0.1) is 33.0 Å². The summed E-state index contributed by atoms with van der Waals surface area (Å²) in [6, 6.07) is 39.6. The summed E-state index contributed by atoms with van der Waals surface area (Å²) in [5, 5.41) is 8.18. The number of hydrogen-bond acceptors (Lipinski definition) is 0. The van der Waals surface area contributed by atoms with E-state index in [1.165, 1.54) is 93.6 Å². The van der Waals surface area contributed by atoms with Crippen molar-refractivity contribution in [1.82, 2.24) is 4.40 Å². The first-order chi connectivity index (χ1) is 23.0. The second-order valence-electron chi connectivity index (χ2n) is 14.5. The molecule has 3 nitrogen and oxygen atoms in total. The summed E-state index contributed by atoms with van der Waals surface area (Å²) in [5.41, 5.74) is 15.1. The minimum Gasteiger partial charge on any atom is -0.319 e. The van der Waals surface area contributed by atoms with Crippen LogP contribution in [-0.2, 0) is 0 Å². The van der Waals surface area contributed by atoms with E-state index in [1.54, 1.807) is 0 Å². The molecule has 11 rings (SSSR count). The molecule has 0 bridgehead atoms. The van der Waals surface area contributed by atoms with Crippen molar-refractivity contribution in [1.29, 1.82) is 0 Å². The van der Waals surface area contributed by atoms with E-state index in [9.17, 15) is 0 Å². The van der Waals surface area contributed by atoms with E-state index in [1.807, 2.05) is 0 Å². The van der Waals surface area contributed by atoms with E-state index in [-0.39, 0.29) is 0 Å². The van der Waals surface area contributed by atoms with Gasteiger partial charge in [-0.3, -0.25) is 0 Å². The lowest BCUT2D eigenvalue weighted by Crippen LogP contribution is -2.48. The van der Waals surface area contributed by atoms with Crippen molar-refractivity contribution in [3.8, 4) is 11.3 Å². The van der Waals surface area contributed by atoms with Crippen molar-refractivity contribution in [2.75, 3.05) is 0 Å². The monoisotopic (exact) mass is 605 g/mol. The Morgan fingerprint density at radius 2 is 1.49 bits per heavy atom. The zero-order chi connectivity index (χ0) is 31.3. The van der Waals surface area contributed by atoms with Crippen LogP contribution in [0.25, 0.3) is 65.6 Å². The lowest BCUT2D eigenvalue weighted by atomic mass is 9.81. The van der Waals surface area contributed by atoms with E-state index in [2.05, 4.69) is 157 Å². The van der Waals surface area contributed by atoms with E-state index in [0.29, 0.717) is 23.8 Å². The molecule has 5 aromatic heterocycles. The van der Waals surface area contributed by atoms with Gasteiger partial charge in [-0.05, 0) is 83.4 Å². The molecule has 0 fully saturated rings. The molecule has 6 heterocycles. The van der Waals surface area contributed by atoms with Crippen LogP contribution in [0.3, 0.4) is 0 Å². The number of pyridine rings is 3. The minimum absolute atomic E-state index is 0.300. The fourth-order valence-corrected chi connectivity index (χ4v) is 9.46. The molecule has 0 spiro atoms. The van der Waals surface area contributed by atoms with Gasteiger partial charge >= 0.3 is 0 Å². The maximum atomic E-state index is 2.60. The smallest absolute Gasteiger partial charge is 0.228 e. The molecule has 2 aliphatic rings. The van der Waals surface area contributed by atoms with Gasteiger partial charge in [-0.2, -0.15) is 8.97 Å². The van der Waals surface area contributed by atoms with Gasteiger partial charge in [0.1, 0.15) is 0 Å². The number of benzene rings is 4. The number of aryl methyl sites for hydroxylation is 1. The van der Waals surface area contributed by atoms with Gasteiger partial charge in [0.25, 0.3) is 0 Å². The summed E-state index contributed by atoms with van der Waals surface area (Å²) in [5.74, 6) is 1.16.